The molecule has 0 amide bonds. The van der Waals surface area contributed by atoms with Gasteiger partial charge in [-0.05, 0) is 24.3 Å². The van der Waals surface area contributed by atoms with Crippen molar-refractivity contribution in [2.45, 2.75) is 6.42 Å². The molecule has 2 heteroatoms. The maximum atomic E-state index is 8.57. The van der Waals surface area contributed by atoms with Crippen molar-refractivity contribution in [1.29, 1.82) is 0 Å². The summed E-state index contributed by atoms with van der Waals surface area (Å²) in [5, 5.41) is 9.62. The predicted octanol–water partition coefficient (Wildman–Crippen LogP) is 2.17. The first-order chi connectivity index (χ1) is 6.90. The summed E-state index contributed by atoms with van der Waals surface area (Å²) in [6.07, 6.45) is 2.18. The Hall–Kier alpha value is -1.72. The van der Waals surface area contributed by atoms with Gasteiger partial charge in [0.05, 0.1) is 12.9 Å². The highest BCUT2D eigenvalue weighted by Crippen LogP contribution is 2.16. The Kier molecular flexibility index (Phi) is 2.53. The molecule has 0 spiro atoms. The summed E-state index contributed by atoms with van der Waals surface area (Å²) in [5.41, 5.74) is 1.82. The van der Waals surface area contributed by atoms with Crippen molar-refractivity contribution in [2.75, 3.05) is 6.61 Å². The highest BCUT2D eigenvalue weighted by Gasteiger charge is 1.95. The van der Waals surface area contributed by atoms with Crippen LogP contribution in [0.25, 0.3) is 11.0 Å². The normalized spacial score (nSPS) is 9.79. The molecule has 70 valence electrons. The van der Waals surface area contributed by atoms with Crippen molar-refractivity contribution in [1.82, 2.24) is 0 Å². The van der Waals surface area contributed by atoms with Gasteiger partial charge in [0.25, 0.3) is 0 Å². The summed E-state index contributed by atoms with van der Waals surface area (Å²) >= 11 is 0. The van der Waals surface area contributed by atoms with Crippen molar-refractivity contribution >= 4 is 11.0 Å². The smallest absolute Gasteiger partial charge is 0.133 e. The van der Waals surface area contributed by atoms with Crippen LogP contribution in [-0.4, -0.2) is 11.7 Å². The third kappa shape index (κ3) is 1.78. The molecule has 1 aromatic carbocycles. The maximum Gasteiger partial charge on any atom is 0.133 e. The molecule has 1 N–H and O–H groups in total. The van der Waals surface area contributed by atoms with Gasteiger partial charge in [0, 0.05) is 17.4 Å². The predicted molar refractivity (Wildman–Crippen MR) is 54.8 cm³/mol. The van der Waals surface area contributed by atoms with E-state index < -0.39 is 0 Å². The first kappa shape index (κ1) is 8.86. The van der Waals surface area contributed by atoms with Crippen molar-refractivity contribution in [2.24, 2.45) is 0 Å². The molecule has 2 nitrogen and oxygen atoms in total. The molecule has 0 aliphatic rings. The number of aliphatic hydroxyl groups is 1. The summed E-state index contributed by atoms with van der Waals surface area (Å²) in [6.45, 7) is 0.112. The van der Waals surface area contributed by atoms with Crippen molar-refractivity contribution in [3.63, 3.8) is 0 Å². The molecule has 0 fully saturated rings. The highest BCUT2D eigenvalue weighted by molar-refractivity contribution is 5.78. The van der Waals surface area contributed by atoms with Gasteiger partial charge in [0.2, 0.25) is 0 Å². The largest absolute Gasteiger partial charge is 0.464 e. The molecule has 1 aromatic heterocycles. The molecule has 0 atom stereocenters. The van der Waals surface area contributed by atoms with Crippen LogP contribution in [0, 0.1) is 11.8 Å². The van der Waals surface area contributed by atoms with Crippen LogP contribution >= 0.6 is 0 Å². The number of hydrogen-bond acceptors (Lipinski definition) is 2. The van der Waals surface area contributed by atoms with Gasteiger partial charge < -0.3 is 9.52 Å². The molecule has 2 aromatic rings. The summed E-state index contributed by atoms with van der Waals surface area (Å²) in [6, 6.07) is 7.70. The molecule has 0 aliphatic carbocycles. The molecule has 0 radical (unpaired) electrons. The SMILES string of the molecule is OCCC#Cc1ccc2occc2c1. The van der Waals surface area contributed by atoms with Gasteiger partial charge in [-0.15, -0.1) is 0 Å². The number of hydrogen-bond donors (Lipinski definition) is 1. The van der Waals surface area contributed by atoms with Gasteiger partial charge in [-0.2, -0.15) is 0 Å². The zero-order valence-corrected chi connectivity index (χ0v) is 7.66. The van der Waals surface area contributed by atoms with Crippen LogP contribution in [0.15, 0.2) is 34.9 Å². The van der Waals surface area contributed by atoms with E-state index in [1.54, 1.807) is 6.26 Å². The van der Waals surface area contributed by atoms with Crippen LogP contribution in [0.1, 0.15) is 12.0 Å². The lowest BCUT2D eigenvalue weighted by molar-refractivity contribution is 0.305. The molecule has 0 unspecified atom stereocenters. The van der Waals surface area contributed by atoms with Crippen LogP contribution in [-0.2, 0) is 0 Å². The Morgan fingerprint density at radius 1 is 1.29 bits per heavy atom. The Balaban J connectivity index is 2.31. The van der Waals surface area contributed by atoms with E-state index in [4.69, 9.17) is 9.52 Å². The summed E-state index contributed by atoms with van der Waals surface area (Å²) in [4.78, 5) is 0. The molecule has 1 heterocycles. The Bertz CT molecular complexity index is 485. The number of aliphatic hydroxyl groups excluding tert-OH is 1. The minimum absolute atomic E-state index is 0.112. The van der Waals surface area contributed by atoms with Crippen molar-refractivity contribution in [3.8, 4) is 11.8 Å². The van der Waals surface area contributed by atoms with E-state index in [0.29, 0.717) is 6.42 Å². The molecule has 0 saturated carbocycles. The van der Waals surface area contributed by atoms with E-state index in [0.717, 1.165) is 16.5 Å². The van der Waals surface area contributed by atoms with Crippen LogP contribution in [0.5, 0.6) is 0 Å². The molecule has 0 saturated heterocycles. The topological polar surface area (TPSA) is 33.4 Å². The van der Waals surface area contributed by atoms with E-state index >= 15 is 0 Å². The van der Waals surface area contributed by atoms with Gasteiger partial charge in [-0.3, -0.25) is 0 Å². The third-order valence-electron chi connectivity index (χ3n) is 1.92. The van der Waals surface area contributed by atoms with Gasteiger partial charge in [0.15, 0.2) is 0 Å². The first-order valence-electron chi connectivity index (χ1n) is 4.47. The summed E-state index contributed by atoms with van der Waals surface area (Å²) < 4.78 is 5.21. The number of rotatable bonds is 1. The molecular weight excluding hydrogens is 176 g/mol. The van der Waals surface area contributed by atoms with Crippen molar-refractivity contribution in [3.05, 3.63) is 36.1 Å². The molecule has 2 rings (SSSR count). The first-order valence-corrected chi connectivity index (χ1v) is 4.47. The van der Waals surface area contributed by atoms with Crippen molar-refractivity contribution < 1.29 is 9.52 Å². The standard InChI is InChI=1S/C12H10O2/c13-7-2-1-3-10-4-5-12-11(9-10)6-8-14-12/h4-6,8-9,13H,2,7H2. The fourth-order valence-electron chi connectivity index (χ4n) is 1.26. The Morgan fingerprint density at radius 2 is 2.21 bits per heavy atom. The van der Waals surface area contributed by atoms with E-state index in [-0.39, 0.29) is 6.61 Å². The van der Waals surface area contributed by atoms with Crippen LogP contribution in [0.2, 0.25) is 0 Å². The molecular formula is C12H10O2. The molecule has 0 aliphatic heterocycles. The minimum Gasteiger partial charge on any atom is -0.464 e. The quantitative estimate of drug-likeness (QED) is 0.692. The van der Waals surface area contributed by atoms with E-state index in [2.05, 4.69) is 11.8 Å². The Morgan fingerprint density at radius 3 is 3.07 bits per heavy atom. The lowest BCUT2D eigenvalue weighted by Crippen LogP contribution is -1.77. The monoisotopic (exact) mass is 186 g/mol. The second-order valence-electron chi connectivity index (χ2n) is 2.95. The minimum atomic E-state index is 0.112. The van der Waals surface area contributed by atoms with Crippen LogP contribution < -0.4 is 0 Å². The van der Waals surface area contributed by atoms with Gasteiger partial charge in [-0.25, -0.2) is 0 Å². The van der Waals surface area contributed by atoms with Crippen LogP contribution in [0.3, 0.4) is 0 Å². The van der Waals surface area contributed by atoms with E-state index in [1.165, 1.54) is 0 Å². The average Bonchev–Trinajstić information content (AvgIpc) is 2.65. The lowest BCUT2D eigenvalue weighted by atomic mass is 10.1. The van der Waals surface area contributed by atoms with Gasteiger partial charge >= 0.3 is 0 Å². The summed E-state index contributed by atoms with van der Waals surface area (Å²) in [7, 11) is 0. The third-order valence-corrected chi connectivity index (χ3v) is 1.92. The number of furan rings is 1. The van der Waals surface area contributed by atoms with E-state index in [9.17, 15) is 0 Å². The van der Waals surface area contributed by atoms with Gasteiger partial charge in [-0.1, -0.05) is 11.8 Å². The fraction of sp³-hybridized carbons (Fsp3) is 0.167. The maximum absolute atomic E-state index is 8.57. The van der Waals surface area contributed by atoms with Gasteiger partial charge in [0.1, 0.15) is 5.58 Å². The fourth-order valence-corrected chi connectivity index (χ4v) is 1.26. The molecule has 0 bridgehead atoms. The second-order valence-corrected chi connectivity index (χ2v) is 2.95. The lowest BCUT2D eigenvalue weighted by Gasteiger charge is -1.90. The van der Waals surface area contributed by atoms with Crippen LogP contribution in [0.4, 0.5) is 0 Å². The zero-order valence-electron chi connectivity index (χ0n) is 7.66. The zero-order chi connectivity index (χ0) is 9.80. The van der Waals surface area contributed by atoms with E-state index in [1.807, 2.05) is 24.3 Å². The summed E-state index contributed by atoms with van der Waals surface area (Å²) in [5.74, 6) is 5.85. The molecule has 14 heavy (non-hydrogen) atoms. The number of fused-ring (bicyclic) bond motifs is 1. The highest BCUT2D eigenvalue weighted by atomic mass is 16.3. The number of benzene rings is 1. The Labute approximate surface area is 82.2 Å². The second kappa shape index (κ2) is 3.99. The average molecular weight is 186 g/mol.